The van der Waals surface area contributed by atoms with Gasteiger partial charge in [-0.1, -0.05) is 32.1 Å². The number of rotatable bonds is 15. The first-order chi connectivity index (χ1) is 14.5. The van der Waals surface area contributed by atoms with Crippen LogP contribution in [0.3, 0.4) is 0 Å². The summed E-state index contributed by atoms with van der Waals surface area (Å²) in [5, 5.41) is 9.20. The molecule has 0 saturated heterocycles. The normalized spacial score (nSPS) is 16.1. The second-order valence-electron chi connectivity index (χ2n) is 8.13. The zero-order chi connectivity index (χ0) is 21.9. The van der Waals surface area contributed by atoms with E-state index in [4.69, 9.17) is 14.2 Å². The van der Waals surface area contributed by atoms with E-state index < -0.39 is 0 Å². The molecule has 0 saturated carbocycles. The van der Waals surface area contributed by atoms with Crippen molar-refractivity contribution in [3.63, 3.8) is 0 Å². The Kier molecular flexibility index (Phi) is 10.1. The number of aliphatic hydroxyl groups excluding tert-OH is 1. The summed E-state index contributed by atoms with van der Waals surface area (Å²) >= 11 is 0. The summed E-state index contributed by atoms with van der Waals surface area (Å²) in [6.07, 6.45) is 9.41. The van der Waals surface area contributed by atoms with Crippen LogP contribution < -0.4 is 9.47 Å². The molecule has 6 nitrogen and oxygen atoms in total. The summed E-state index contributed by atoms with van der Waals surface area (Å²) in [4.78, 5) is 23.9. The van der Waals surface area contributed by atoms with Crippen molar-refractivity contribution in [1.29, 1.82) is 0 Å². The summed E-state index contributed by atoms with van der Waals surface area (Å²) < 4.78 is 16.2. The number of esters is 1. The van der Waals surface area contributed by atoms with Crippen molar-refractivity contribution in [2.24, 2.45) is 0 Å². The predicted octanol–water partition coefficient (Wildman–Crippen LogP) is 5.16. The smallest absolute Gasteiger partial charge is 0.342 e. The van der Waals surface area contributed by atoms with Gasteiger partial charge in [0.25, 0.3) is 0 Å². The van der Waals surface area contributed by atoms with Gasteiger partial charge in [-0.2, -0.15) is 0 Å². The fourth-order valence-electron chi connectivity index (χ4n) is 3.86. The largest absolute Gasteiger partial charge is 0.497 e. The molecular weight excluding hydrogens is 384 g/mol. The van der Waals surface area contributed by atoms with E-state index >= 15 is 0 Å². The van der Waals surface area contributed by atoms with E-state index in [1.54, 1.807) is 27.2 Å². The average Bonchev–Trinajstić information content (AvgIpc) is 3.05. The first kappa shape index (κ1) is 24.2. The summed E-state index contributed by atoms with van der Waals surface area (Å²) in [6.45, 7) is 1.72. The summed E-state index contributed by atoms with van der Waals surface area (Å²) in [5.41, 5.74) is 1.38. The maximum absolute atomic E-state index is 12.2. The number of unbranched alkanes of at least 4 members (excludes halogenated alkanes) is 6. The Morgan fingerprint density at radius 3 is 2.33 bits per heavy atom. The number of hydrogen-bond acceptors (Lipinski definition) is 6. The van der Waals surface area contributed by atoms with Gasteiger partial charge in [-0.3, -0.25) is 4.79 Å². The number of hydrogen-bond donors (Lipinski definition) is 1. The van der Waals surface area contributed by atoms with Crippen molar-refractivity contribution < 1.29 is 28.9 Å². The van der Waals surface area contributed by atoms with E-state index in [9.17, 15) is 14.7 Å². The lowest BCUT2D eigenvalue weighted by Crippen LogP contribution is -2.05. The molecule has 0 amide bonds. The molecule has 6 heteroatoms. The molecule has 0 spiro atoms. The van der Waals surface area contributed by atoms with Gasteiger partial charge in [-0.25, -0.2) is 4.79 Å². The molecule has 168 valence electrons. The van der Waals surface area contributed by atoms with E-state index in [0.29, 0.717) is 36.3 Å². The van der Waals surface area contributed by atoms with Crippen molar-refractivity contribution in [3.05, 3.63) is 23.3 Å². The molecule has 1 unspecified atom stereocenters. The minimum Gasteiger partial charge on any atom is -0.497 e. The van der Waals surface area contributed by atoms with Crippen LogP contribution >= 0.6 is 0 Å². The first-order valence-electron chi connectivity index (χ1n) is 11.1. The minimum absolute atomic E-state index is 0.232. The number of methoxy groups -OCH3 is 2. The molecule has 1 aromatic carbocycles. The minimum atomic E-state index is -0.390. The predicted molar refractivity (Wildman–Crippen MR) is 115 cm³/mol. The molecular formula is C24H36O6. The van der Waals surface area contributed by atoms with Crippen molar-refractivity contribution in [2.45, 2.75) is 89.8 Å². The first-order valence-corrected chi connectivity index (χ1v) is 11.1. The third kappa shape index (κ3) is 7.31. The summed E-state index contributed by atoms with van der Waals surface area (Å²) in [6, 6.07) is 3.58. The molecule has 1 N–H and O–H groups in total. The zero-order valence-electron chi connectivity index (χ0n) is 18.6. The molecule has 0 aromatic heterocycles. The third-order valence-corrected chi connectivity index (χ3v) is 5.62. The third-order valence-electron chi connectivity index (χ3n) is 5.62. The highest BCUT2D eigenvalue weighted by Crippen LogP contribution is 2.41. The highest BCUT2D eigenvalue weighted by Gasteiger charge is 2.34. The molecule has 0 fully saturated rings. The molecule has 0 aliphatic carbocycles. The molecule has 1 aliphatic rings. The van der Waals surface area contributed by atoms with Crippen molar-refractivity contribution in [2.75, 3.05) is 14.2 Å². The van der Waals surface area contributed by atoms with Crippen LogP contribution in [0.4, 0.5) is 0 Å². The van der Waals surface area contributed by atoms with Gasteiger partial charge in [0.1, 0.15) is 28.9 Å². The van der Waals surface area contributed by atoms with Gasteiger partial charge >= 0.3 is 5.97 Å². The van der Waals surface area contributed by atoms with Crippen LogP contribution in [0.2, 0.25) is 0 Å². The number of cyclic esters (lactones) is 1. The molecule has 30 heavy (non-hydrogen) atoms. The second-order valence-corrected chi connectivity index (χ2v) is 8.13. The van der Waals surface area contributed by atoms with E-state index in [1.807, 2.05) is 6.07 Å². The van der Waals surface area contributed by atoms with Crippen LogP contribution in [0.25, 0.3) is 0 Å². The Morgan fingerprint density at radius 1 is 1.03 bits per heavy atom. The van der Waals surface area contributed by atoms with E-state index in [2.05, 4.69) is 0 Å². The summed E-state index contributed by atoms with van der Waals surface area (Å²) in [7, 11) is 3.14. The number of ether oxygens (including phenoxy) is 3. The fraction of sp³-hybridized carbons (Fsp3) is 0.667. The molecule has 0 radical (unpaired) electrons. The van der Waals surface area contributed by atoms with Gasteiger partial charge < -0.3 is 19.3 Å². The van der Waals surface area contributed by atoms with Crippen molar-refractivity contribution >= 4 is 11.8 Å². The van der Waals surface area contributed by atoms with Gasteiger partial charge in [0.2, 0.25) is 0 Å². The number of benzene rings is 1. The highest BCUT2D eigenvalue weighted by atomic mass is 16.6. The Bertz CT molecular complexity index is 697. The molecule has 1 aromatic rings. The number of carbonyl (C=O) groups excluding carboxylic acids is 2. The van der Waals surface area contributed by atoms with Gasteiger partial charge in [0, 0.05) is 24.5 Å². The number of Topliss-reactive ketones (excluding diaryl/α,β-unsaturated/α-hetero) is 1. The molecule has 1 heterocycles. The van der Waals surface area contributed by atoms with Crippen LogP contribution in [-0.4, -0.2) is 37.2 Å². The summed E-state index contributed by atoms with van der Waals surface area (Å²) in [5.74, 6) is 1.10. The van der Waals surface area contributed by atoms with Gasteiger partial charge in [-0.05, 0) is 38.7 Å². The topological polar surface area (TPSA) is 82.1 Å². The van der Waals surface area contributed by atoms with Crippen LogP contribution in [0.15, 0.2) is 12.1 Å². The molecule has 2 atom stereocenters. The number of aliphatic hydroxyl groups is 1. The molecule has 2 rings (SSSR count). The molecule has 0 bridgehead atoms. The number of fused-ring (bicyclic) bond motifs is 1. The highest BCUT2D eigenvalue weighted by molar-refractivity contribution is 5.97. The number of ketones is 1. The van der Waals surface area contributed by atoms with Crippen LogP contribution in [0, 0.1) is 0 Å². The number of carbonyl (C=O) groups is 2. The average molecular weight is 421 g/mol. The van der Waals surface area contributed by atoms with Gasteiger partial charge in [0.15, 0.2) is 0 Å². The van der Waals surface area contributed by atoms with E-state index in [1.165, 1.54) is 0 Å². The van der Waals surface area contributed by atoms with E-state index in [-0.39, 0.29) is 24.0 Å². The Hall–Kier alpha value is -2.08. The standard InChI is InChI=1S/C24H36O6/c1-17(25)13-14-18(26)11-9-7-5-4-6-8-10-12-21-20-15-19(28-2)16-22(29-3)23(20)24(27)30-21/h15-17,21,25H,4-14H2,1-3H3/t17?,21-/m1/s1. The maximum atomic E-state index is 12.2. The maximum Gasteiger partial charge on any atom is 0.342 e. The van der Waals surface area contributed by atoms with Gasteiger partial charge in [0.05, 0.1) is 20.3 Å². The quantitative estimate of drug-likeness (QED) is 0.312. The second kappa shape index (κ2) is 12.6. The van der Waals surface area contributed by atoms with Crippen molar-refractivity contribution in [3.8, 4) is 11.5 Å². The van der Waals surface area contributed by atoms with Crippen LogP contribution in [0.5, 0.6) is 11.5 Å². The van der Waals surface area contributed by atoms with Crippen LogP contribution in [0.1, 0.15) is 99.6 Å². The van der Waals surface area contributed by atoms with Crippen LogP contribution in [-0.2, 0) is 9.53 Å². The lowest BCUT2D eigenvalue weighted by Gasteiger charge is -2.12. The Balaban J connectivity index is 1.61. The monoisotopic (exact) mass is 420 g/mol. The lowest BCUT2D eigenvalue weighted by atomic mass is 9.98. The Morgan fingerprint density at radius 2 is 1.70 bits per heavy atom. The lowest BCUT2D eigenvalue weighted by molar-refractivity contribution is -0.119. The van der Waals surface area contributed by atoms with Gasteiger partial charge in [-0.15, -0.1) is 0 Å². The fourth-order valence-corrected chi connectivity index (χ4v) is 3.86. The zero-order valence-corrected chi connectivity index (χ0v) is 18.6. The SMILES string of the molecule is COc1cc(OC)c2c(c1)[C@@H](CCCCCCCCCC(=O)CCC(C)O)OC2=O. The van der Waals surface area contributed by atoms with E-state index in [0.717, 1.165) is 56.9 Å². The Labute approximate surface area is 179 Å². The van der Waals surface area contributed by atoms with Crippen molar-refractivity contribution in [1.82, 2.24) is 0 Å². The molecule has 1 aliphatic heterocycles.